The summed E-state index contributed by atoms with van der Waals surface area (Å²) in [6.45, 7) is 0. The molecule has 0 saturated heterocycles. The fraction of sp³-hybridized carbons (Fsp3) is 0.154. The maximum atomic E-state index is 6.11. The second-order valence-corrected chi connectivity index (χ2v) is 4.57. The summed E-state index contributed by atoms with van der Waals surface area (Å²) in [5.74, 6) is 1.85. The van der Waals surface area contributed by atoms with Gasteiger partial charge in [-0.15, -0.1) is 0 Å². The van der Waals surface area contributed by atoms with Gasteiger partial charge in [-0.2, -0.15) is 0 Å². The van der Waals surface area contributed by atoms with Gasteiger partial charge >= 0.3 is 0 Å². The van der Waals surface area contributed by atoms with Crippen LogP contribution >= 0.6 is 23.2 Å². The van der Waals surface area contributed by atoms with Crippen molar-refractivity contribution in [2.24, 2.45) is 0 Å². The number of aromatic nitrogens is 1. The Morgan fingerprint density at radius 3 is 2.53 bits per heavy atom. The van der Waals surface area contributed by atoms with E-state index in [1.54, 1.807) is 20.2 Å². The highest BCUT2D eigenvalue weighted by molar-refractivity contribution is 6.37. The zero-order valence-corrected chi connectivity index (χ0v) is 12.0. The van der Waals surface area contributed by atoms with Crippen LogP contribution in [-0.4, -0.2) is 19.1 Å². The van der Waals surface area contributed by atoms with E-state index in [1.165, 1.54) is 0 Å². The number of ether oxygens (including phenoxy) is 1. The molecule has 19 heavy (non-hydrogen) atoms. The van der Waals surface area contributed by atoms with Gasteiger partial charge in [-0.25, -0.2) is 4.98 Å². The average Bonchev–Trinajstić information content (AvgIpc) is 2.42. The Bertz CT molecular complexity index is 590. The minimum atomic E-state index is 0.451. The van der Waals surface area contributed by atoms with Crippen LogP contribution in [0.3, 0.4) is 0 Å². The predicted molar refractivity (Wildman–Crippen MR) is 80.1 cm³/mol. The Morgan fingerprint density at radius 1 is 1.11 bits per heavy atom. The zero-order chi connectivity index (χ0) is 13.8. The number of rotatable bonds is 4. The van der Waals surface area contributed by atoms with Crippen molar-refractivity contribution in [3.8, 4) is 5.75 Å². The molecule has 4 nitrogen and oxygen atoms in total. The lowest BCUT2D eigenvalue weighted by molar-refractivity contribution is 0.415. The molecular weight excluding hydrogens is 285 g/mol. The van der Waals surface area contributed by atoms with Gasteiger partial charge in [-0.05, 0) is 18.2 Å². The summed E-state index contributed by atoms with van der Waals surface area (Å²) in [6, 6.07) is 9.13. The third-order valence-electron chi connectivity index (χ3n) is 2.50. The highest BCUT2D eigenvalue weighted by Crippen LogP contribution is 2.31. The summed E-state index contributed by atoms with van der Waals surface area (Å²) in [6.07, 6.45) is 0. The standard InChI is InChI=1S/C13H13Cl2N3O/c1-16-12-10(14)7-11(15)13(18-12)17-8-4-3-5-9(6-8)19-2/h3-7H,1-2H3,(H2,16,17,18). The molecule has 0 bridgehead atoms. The van der Waals surface area contributed by atoms with Crippen LogP contribution < -0.4 is 15.4 Å². The van der Waals surface area contributed by atoms with Crippen LogP contribution in [0.15, 0.2) is 30.3 Å². The molecule has 0 radical (unpaired) electrons. The molecule has 2 rings (SSSR count). The van der Waals surface area contributed by atoms with Crippen LogP contribution in [0.1, 0.15) is 0 Å². The first-order valence-electron chi connectivity index (χ1n) is 5.59. The average molecular weight is 298 g/mol. The molecule has 6 heteroatoms. The third-order valence-corrected chi connectivity index (χ3v) is 3.08. The van der Waals surface area contributed by atoms with Gasteiger partial charge in [0.25, 0.3) is 0 Å². The van der Waals surface area contributed by atoms with E-state index in [0.29, 0.717) is 21.7 Å². The molecule has 1 heterocycles. The number of anilines is 3. The summed E-state index contributed by atoms with van der Waals surface area (Å²) >= 11 is 12.1. The molecule has 0 atom stereocenters. The van der Waals surface area contributed by atoms with Gasteiger partial charge in [0, 0.05) is 18.8 Å². The Labute approximate surface area is 121 Å². The van der Waals surface area contributed by atoms with Crippen molar-refractivity contribution >= 4 is 40.5 Å². The number of nitrogens with one attached hydrogen (secondary N) is 2. The fourth-order valence-corrected chi connectivity index (χ4v) is 2.07. The highest BCUT2D eigenvalue weighted by Gasteiger charge is 2.08. The number of pyridine rings is 1. The lowest BCUT2D eigenvalue weighted by Gasteiger charge is -2.11. The van der Waals surface area contributed by atoms with E-state index in [2.05, 4.69) is 15.6 Å². The topological polar surface area (TPSA) is 46.2 Å². The quantitative estimate of drug-likeness (QED) is 0.888. The van der Waals surface area contributed by atoms with Crippen LogP contribution in [0, 0.1) is 0 Å². The number of hydrogen-bond donors (Lipinski definition) is 2. The maximum Gasteiger partial charge on any atom is 0.151 e. The van der Waals surface area contributed by atoms with Crippen molar-refractivity contribution in [1.29, 1.82) is 0 Å². The van der Waals surface area contributed by atoms with Crippen LogP contribution in [0.4, 0.5) is 17.3 Å². The summed E-state index contributed by atoms with van der Waals surface area (Å²) in [7, 11) is 3.36. The molecule has 1 aromatic heterocycles. The van der Waals surface area contributed by atoms with E-state index < -0.39 is 0 Å². The zero-order valence-electron chi connectivity index (χ0n) is 10.5. The molecule has 2 N–H and O–H groups in total. The molecule has 0 aliphatic heterocycles. The van der Waals surface area contributed by atoms with E-state index in [1.807, 2.05) is 24.3 Å². The van der Waals surface area contributed by atoms with Gasteiger partial charge < -0.3 is 15.4 Å². The summed E-state index contributed by atoms with van der Waals surface area (Å²) in [5.41, 5.74) is 0.832. The molecule has 0 saturated carbocycles. The van der Waals surface area contributed by atoms with Crippen molar-refractivity contribution in [2.75, 3.05) is 24.8 Å². The van der Waals surface area contributed by atoms with Crippen molar-refractivity contribution in [2.45, 2.75) is 0 Å². The first kappa shape index (κ1) is 13.8. The summed E-state index contributed by atoms with van der Waals surface area (Å²) < 4.78 is 5.16. The number of nitrogens with zero attached hydrogens (tertiary/aromatic N) is 1. The number of halogens is 2. The molecule has 0 spiro atoms. The Balaban J connectivity index is 2.32. The van der Waals surface area contributed by atoms with E-state index in [0.717, 1.165) is 11.4 Å². The Morgan fingerprint density at radius 2 is 1.84 bits per heavy atom. The number of hydrogen-bond acceptors (Lipinski definition) is 4. The van der Waals surface area contributed by atoms with Crippen molar-refractivity contribution in [3.63, 3.8) is 0 Å². The van der Waals surface area contributed by atoms with E-state index in [4.69, 9.17) is 27.9 Å². The maximum absolute atomic E-state index is 6.11. The fourth-order valence-electron chi connectivity index (χ4n) is 1.57. The highest BCUT2D eigenvalue weighted by atomic mass is 35.5. The van der Waals surface area contributed by atoms with E-state index >= 15 is 0 Å². The first-order valence-corrected chi connectivity index (χ1v) is 6.34. The summed E-state index contributed by atoms with van der Waals surface area (Å²) in [4.78, 5) is 4.31. The van der Waals surface area contributed by atoms with Gasteiger partial charge in [0.2, 0.25) is 0 Å². The van der Waals surface area contributed by atoms with Crippen LogP contribution in [-0.2, 0) is 0 Å². The molecule has 0 fully saturated rings. The molecular formula is C13H13Cl2N3O. The molecule has 0 aliphatic carbocycles. The second-order valence-electron chi connectivity index (χ2n) is 3.76. The van der Waals surface area contributed by atoms with Crippen LogP contribution in [0.5, 0.6) is 5.75 Å². The minimum absolute atomic E-state index is 0.451. The minimum Gasteiger partial charge on any atom is -0.497 e. The monoisotopic (exact) mass is 297 g/mol. The van der Waals surface area contributed by atoms with Crippen LogP contribution in [0.25, 0.3) is 0 Å². The normalized spacial score (nSPS) is 10.1. The van der Waals surface area contributed by atoms with E-state index in [-0.39, 0.29) is 0 Å². The molecule has 0 unspecified atom stereocenters. The smallest absolute Gasteiger partial charge is 0.151 e. The molecule has 2 aromatic rings. The lowest BCUT2D eigenvalue weighted by Crippen LogP contribution is -1.99. The van der Waals surface area contributed by atoms with Gasteiger partial charge in [-0.1, -0.05) is 29.3 Å². The van der Waals surface area contributed by atoms with Gasteiger partial charge in [0.15, 0.2) is 5.82 Å². The largest absolute Gasteiger partial charge is 0.497 e. The van der Waals surface area contributed by atoms with Gasteiger partial charge in [0.05, 0.1) is 17.2 Å². The Hall–Kier alpha value is -1.65. The number of methoxy groups -OCH3 is 1. The van der Waals surface area contributed by atoms with Gasteiger partial charge in [-0.3, -0.25) is 0 Å². The molecule has 0 aliphatic rings. The summed E-state index contributed by atoms with van der Waals surface area (Å²) in [5, 5.41) is 6.96. The molecule has 1 aromatic carbocycles. The first-order chi connectivity index (χ1) is 9.13. The van der Waals surface area contributed by atoms with Crippen LogP contribution in [0.2, 0.25) is 10.0 Å². The second kappa shape index (κ2) is 5.99. The van der Waals surface area contributed by atoms with Gasteiger partial charge in [0.1, 0.15) is 11.6 Å². The third kappa shape index (κ3) is 3.22. The van der Waals surface area contributed by atoms with Crippen molar-refractivity contribution < 1.29 is 4.74 Å². The molecule has 0 amide bonds. The Kier molecular flexibility index (Phi) is 4.35. The van der Waals surface area contributed by atoms with E-state index in [9.17, 15) is 0 Å². The predicted octanol–water partition coefficient (Wildman–Crippen LogP) is 4.18. The lowest BCUT2D eigenvalue weighted by atomic mass is 10.3. The number of benzene rings is 1. The van der Waals surface area contributed by atoms with Crippen molar-refractivity contribution in [1.82, 2.24) is 4.98 Å². The van der Waals surface area contributed by atoms with Crippen molar-refractivity contribution in [3.05, 3.63) is 40.4 Å². The molecule has 100 valence electrons. The SMILES string of the molecule is CNc1nc(Nc2cccc(OC)c2)c(Cl)cc1Cl.